The number of hydrogen-bond acceptors (Lipinski definition) is 3. The number of hydrogen-bond donors (Lipinski definition) is 1. The lowest BCUT2D eigenvalue weighted by molar-refractivity contribution is 0.264. The van der Waals surface area contributed by atoms with Crippen molar-refractivity contribution in [2.75, 3.05) is 0 Å². The summed E-state index contributed by atoms with van der Waals surface area (Å²) in [5.74, 6) is 2.56. The van der Waals surface area contributed by atoms with Crippen molar-refractivity contribution >= 4 is 11.6 Å². The molecule has 0 aliphatic heterocycles. The minimum Gasteiger partial charge on any atom is -0.486 e. The zero-order valence-corrected chi connectivity index (χ0v) is 13.5. The fourth-order valence-electron chi connectivity index (χ4n) is 1.97. The number of furan rings is 1. The Hall–Kier alpha value is -1.45. The van der Waals surface area contributed by atoms with Crippen LogP contribution in [0.25, 0.3) is 0 Å². The average Bonchev–Trinajstić information content (AvgIpc) is 2.92. The van der Waals surface area contributed by atoms with Crippen LogP contribution >= 0.6 is 11.6 Å². The lowest BCUT2D eigenvalue weighted by atomic mass is 10.1. The highest BCUT2D eigenvalue weighted by Crippen LogP contribution is 2.23. The molecular weight excluding hydrogens is 286 g/mol. The molecule has 1 heterocycles. The molecule has 0 fully saturated rings. The Morgan fingerprint density at radius 3 is 2.67 bits per heavy atom. The van der Waals surface area contributed by atoms with E-state index in [-0.39, 0.29) is 0 Å². The van der Waals surface area contributed by atoms with Crippen molar-refractivity contribution in [3.63, 3.8) is 0 Å². The molecule has 2 rings (SSSR count). The summed E-state index contributed by atoms with van der Waals surface area (Å²) in [6.07, 6.45) is 0.891. The number of ether oxygens (including phenoxy) is 1. The van der Waals surface area contributed by atoms with E-state index in [0.717, 1.165) is 40.8 Å². The van der Waals surface area contributed by atoms with Gasteiger partial charge < -0.3 is 14.5 Å². The number of halogens is 1. The number of aryl methyl sites for hydroxylation is 1. The fourth-order valence-corrected chi connectivity index (χ4v) is 2.22. The molecule has 0 saturated heterocycles. The molecule has 1 aromatic heterocycles. The highest BCUT2D eigenvalue weighted by Gasteiger charge is 2.05. The summed E-state index contributed by atoms with van der Waals surface area (Å²) >= 11 is 6.10. The Morgan fingerprint density at radius 2 is 1.95 bits per heavy atom. The van der Waals surface area contributed by atoms with Crippen molar-refractivity contribution in [2.45, 2.75) is 46.4 Å². The molecule has 1 aromatic carbocycles. The topological polar surface area (TPSA) is 34.4 Å². The first-order valence-corrected chi connectivity index (χ1v) is 7.68. The molecule has 114 valence electrons. The first-order valence-electron chi connectivity index (χ1n) is 7.30. The molecule has 0 atom stereocenters. The fraction of sp³-hybridized carbons (Fsp3) is 0.412. The van der Waals surface area contributed by atoms with Gasteiger partial charge in [-0.1, -0.05) is 32.4 Å². The van der Waals surface area contributed by atoms with Gasteiger partial charge in [0.05, 0.1) is 6.54 Å². The maximum absolute atomic E-state index is 6.10. The van der Waals surface area contributed by atoms with Crippen LogP contribution in [0.3, 0.4) is 0 Å². The molecule has 0 saturated carbocycles. The molecule has 0 radical (unpaired) electrons. The van der Waals surface area contributed by atoms with Gasteiger partial charge in [0.15, 0.2) is 0 Å². The molecule has 4 heteroatoms. The Balaban J connectivity index is 1.91. The van der Waals surface area contributed by atoms with Gasteiger partial charge in [-0.3, -0.25) is 0 Å². The molecule has 2 aromatic rings. The van der Waals surface area contributed by atoms with E-state index in [1.54, 1.807) is 0 Å². The Bertz CT molecular complexity index is 578. The predicted molar refractivity (Wildman–Crippen MR) is 85.8 cm³/mol. The van der Waals surface area contributed by atoms with Crippen molar-refractivity contribution in [3.8, 4) is 5.75 Å². The van der Waals surface area contributed by atoms with Crippen LogP contribution in [-0.2, 0) is 19.6 Å². The maximum atomic E-state index is 6.10. The quantitative estimate of drug-likeness (QED) is 0.813. The maximum Gasteiger partial charge on any atom is 0.146 e. The normalized spacial score (nSPS) is 11.1. The molecule has 0 bridgehead atoms. The van der Waals surface area contributed by atoms with E-state index in [0.29, 0.717) is 12.6 Å². The molecular formula is C17H22ClNO2. The van der Waals surface area contributed by atoms with Crippen LogP contribution < -0.4 is 10.1 Å². The third kappa shape index (κ3) is 4.80. The van der Waals surface area contributed by atoms with Gasteiger partial charge in [-0.05, 0) is 42.3 Å². The standard InChI is InChI=1S/C17H22ClNO2/c1-4-13-9-14(7-8-17(13)18)20-11-16-6-5-15(21-16)10-19-12(2)3/h5-9,12,19H,4,10-11H2,1-3H3. The van der Waals surface area contributed by atoms with E-state index in [2.05, 4.69) is 26.1 Å². The Kier molecular flexibility index (Phi) is 5.71. The van der Waals surface area contributed by atoms with Crippen LogP contribution in [0.2, 0.25) is 5.02 Å². The first-order chi connectivity index (χ1) is 10.1. The van der Waals surface area contributed by atoms with Gasteiger partial charge >= 0.3 is 0 Å². The summed E-state index contributed by atoms with van der Waals surface area (Å²) in [4.78, 5) is 0. The van der Waals surface area contributed by atoms with Gasteiger partial charge in [0.2, 0.25) is 0 Å². The minimum absolute atomic E-state index is 0.423. The van der Waals surface area contributed by atoms with E-state index in [4.69, 9.17) is 20.8 Å². The summed E-state index contributed by atoms with van der Waals surface area (Å²) in [5.41, 5.74) is 1.09. The smallest absolute Gasteiger partial charge is 0.146 e. The van der Waals surface area contributed by atoms with Crippen molar-refractivity contribution in [3.05, 3.63) is 52.4 Å². The van der Waals surface area contributed by atoms with Crippen LogP contribution in [0, 0.1) is 0 Å². The van der Waals surface area contributed by atoms with Gasteiger partial charge in [0.1, 0.15) is 23.9 Å². The van der Waals surface area contributed by atoms with E-state index >= 15 is 0 Å². The molecule has 21 heavy (non-hydrogen) atoms. The monoisotopic (exact) mass is 307 g/mol. The van der Waals surface area contributed by atoms with Crippen molar-refractivity contribution in [2.24, 2.45) is 0 Å². The number of nitrogens with one attached hydrogen (secondary N) is 1. The largest absolute Gasteiger partial charge is 0.486 e. The molecule has 0 amide bonds. The van der Waals surface area contributed by atoms with Gasteiger partial charge in [0.25, 0.3) is 0 Å². The predicted octanol–water partition coefficient (Wildman–Crippen LogP) is 4.57. The molecule has 0 spiro atoms. The second kappa shape index (κ2) is 7.53. The van der Waals surface area contributed by atoms with Gasteiger partial charge in [0, 0.05) is 11.1 Å². The van der Waals surface area contributed by atoms with Crippen LogP contribution in [0.4, 0.5) is 0 Å². The molecule has 1 N–H and O–H groups in total. The zero-order chi connectivity index (χ0) is 15.2. The van der Waals surface area contributed by atoms with Gasteiger partial charge in [-0.25, -0.2) is 0 Å². The van der Waals surface area contributed by atoms with Crippen molar-refractivity contribution in [1.82, 2.24) is 5.32 Å². The summed E-state index contributed by atoms with van der Waals surface area (Å²) < 4.78 is 11.5. The molecule has 3 nitrogen and oxygen atoms in total. The SMILES string of the molecule is CCc1cc(OCc2ccc(CNC(C)C)o2)ccc1Cl. The highest BCUT2D eigenvalue weighted by atomic mass is 35.5. The summed E-state index contributed by atoms with van der Waals surface area (Å²) in [6, 6.07) is 10.1. The second-order valence-corrected chi connectivity index (χ2v) is 5.71. The lowest BCUT2D eigenvalue weighted by Gasteiger charge is -2.08. The van der Waals surface area contributed by atoms with Crippen LogP contribution in [-0.4, -0.2) is 6.04 Å². The lowest BCUT2D eigenvalue weighted by Crippen LogP contribution is -2.21. The van der Waals surface area contributed by atoms with E-state index < -0.39 is 0 Å². The number of benzene rings is 1. The zero-order valence-electron chi connectivity index (χ0n) is 12.8. The van der Waals surface area contributed by atoms with E-state index in [9.17, 15) is 0 Å². The van der Waals surface area contributed by atoms with Crippen LogP contribution in [0.5, 0.6) is 5.75 Å². The third-order valence-electron chi connectivity index (χ3n) is 3.18. The van der Waals surface area contributed by atoms with Crippen LogP contribution in [0.15, 0.2) is 34.7 Å². The Labute approximate surface area is 131 Å². The van der Waals surface area contributed by atoms with Crippen LogP contribution in [0.1, 0.15) is 37.9 Å². The summed E-state index contributed by atoms with van der Waals surface area (Å²) in [6.45, 7) is 7.45. The van der Waals surface area contributed by atoms with E-state index in [1.807, 2.05) is 30.3 Å². The highest BCUT2D eigenvalue weighted by molar-refractivity contribution is 6.31. The molecule has 0 aliphatic carbocycles. The van der Waals surface area contributed by atoms with Crippen molar-refractivity contribution < 1.29 is 9.15 Å². The first kappa shape index (κ1) is 15.9. The average molecular weight is 308 g/mol. The Morgan fingerprint density at radius 1 is 1.19 bits per heavy atom. The molecule has 0 unspecified atom stereocenters. The second-order valence-electron chi connectivity index (χ2n) is 5.30. The summed E-state index contributed by atoms with van der Waals surface area (Å²) in [7, 11) is 0. The van der Waals surface area contributed by atoms with E-state index in [1.165, 1.54) is 0 Å². The summed E-state index contributed by atoms with van der Waals surface area (Å²) in [5, 5.41) is 4.10. The molecule has 0 aliphatic rings. The minimum atomic E-state index is 0.423. The van der Waals surface area contributed by atoms with Crippen molar-refractivity contribution in [1.29, 1.82) is 0 Å². The third-order valence-corrected chi connectivity index (χ3v) is 3.55. The number of rotatable bonds is 7. The van der Waals surface area contributed by atoms with Gasteiger partial charge in [-0.2, -0.15) is 0 Å². The van der Waals surface area contributed by atoms with Gasteiger partial charge in [-0.15, -0.1) is 0 Å².